The lowest BCUT2D eigenvalue weighted by molar-refractivity contribution is -0.132. The number of hydrogen-bond acceptors (Lipinski definition) is 3. The molecule has 21 heavy (non-hydrogen) atoms. The molecule has 1 fully saturated rings. The summed E-state index contributed by atoms with van der Waals surface area (Å²) in [5.41, 5.74) is 1.00. The maximum Gasteiger partial charge on any atom is 0.222 e. The fourth-order valence-electron chi connectivity index (χ4n) is 2.97. The van der Waals surface area contributed by atoms with Gasteiger partial charge in [-0.05, 0) is 26.4 Å². The number of carbonyl (C=O) groups is 1. The number of rotatable bonds is 8. The lowest BCUT2D eigenvalue weighted by atomic mass is 10.0. The number of nitrogens with zero attached hydrogens (tertiary/aromatic N) is 3. The SMILES string of the molecule is CN(C)CCN(Cc1cnc[nH]1)C(=O)CCC1CCCC1. The van der Waals surface area contributed by atoms with E-state index < -0.39 is 0 Å². The topological polar surface area (TPSA) is 52.2 Å². The van der Waals surface area contributed by atoms with Crippen LogP contribution in [0.5, 0.6) is 0 Å². The van der Waals surface area contributed by atoms with Crippen LogP contribution in [0.4, 0.5) is 0 Å². The summed E-state index contributed by atoms with van der Waals surface area (Å²) in [6.45, 7) is 2.30. The Labute approximate surface area is 127 Å². The summed E-state index contributed by atoms with van der Waals surface area (Å²) in [6.07, 6.45) is 10.5. The van der Waals surface area contributed by atoms with Crippen molar-refractivity contribution in [3.05, 3.63) is 18.2 Å². The molecule has 2 rings (SSSR count). The van der Waals surface area contributed by atoms with Gasteiger partial charge >= 0.3 is 0 Å². The smallest absolute Gasteiger partial charge is 0.222 e. The van der Waals surface area contributed by atoms with Crippen molar-refractivity contribution in [2.45, 2.75) is 45.1 Å². The monoisotopic (exact) mass is 292 g/mol. The van der Waals surface area contributed by atoms with Crippen LogP contribution in [-0.2, 0) is 11.3 Å². The van der Waals surface area contributed by atoms with Crippen molar-refractivity contribution in [3.8, 4) is 0 Å². The van der Waals surface area contributed by atoms with Crippen LogP contribution in [0.15, 0.2) is 12.5 Å². The van der Waals surface area contributed by atoms with Gasteiger partial charge in [-0.3, -0.25) is 4.79 Å². The number of carbonyl (C=O) groups excluding carboxylic acids is 1. The Hall–Kier alpha value is -1.36. The molecular formula is C16H28N4O. The number of amides is 1. The molecule has 1 heterocycles. The van der Waals surface area contributed by atoms with Gasteiger partial charge in [0.25, 0.3) is 0 Å². The van der Waals surface area contributed by atoms with Crippen LogP contribution in [0.25, 0.3) is 0 Å². The molecule has 5 heteroatoms. The third-order valence-corrected chi connectivity index (χ3v) is 4.33. The van der Waals surface area contributed by atoms with Gasteiger partial charge in [0.05, 0.1) is 18.6 Å². The van der Waals surface area contributed by atoms with E-state index >= 15 is 0 Å². The number of H-pyrrole nitrogens is 1. The first-order valence-electron chi connectivity index (χ1n) is 8.05. The highest BCUT2D eigenvalue weighted by Crippen LogP contribution is 2.28. The Bertz CT molecular complexity index is 410. The predicted octanol–water partition coefficient (Wildman–Crippen LogP) is 2.27. The van der Waals surface area contributed by atoms with E-state index in [0.29, 0.717) is 13.0 Å². The van der Waals surface area contributed by atoms with Crippen LogP contribution in [0.2, 0.25) is 0 Å². The number of hydrogen-bond donors (Lipinski definition) is 1. The van der Waals surface area contributed by atoms with Crippen LogP contribution in [0.3, 0.4) is 0 Å². The van der Waals surface area contributed by atoms with Gasteiger partial charge in [-0.25, -0.2) is 4.98 Å². The van der Waals surface area contributed by atoms with Crippen LogP contribution in [0.1, 0.15) is 44.2 Å². The van der Waals surface area contributed by atoms with Crippen molar-refractivity contribution in [1.82, 2.24) is 19.8 Å². The standard InChI is InChI=1S/C16H28N4O/c1-19(2)9-10-20(12-15-11-17-13-18-15)16(21)8-7-14-5-3-4-6-14/h11,13-14H,3-10,12H2,1-2H3,(H,17,18). The highest BCUT2D eigenvalue weighted by molar-refractivity contribution is 5.76. The zero-order valence-electron chi connectivity index (χ0n) is 13.3. The van der Waals surface area contributed by atoms with E-state index in [0.717, 1.165) is 31.1 Å². The third-order valence-electron chi connectivity index (χ3n) is 4.33. The minimum Gasteiger partial charge on any atom is -0.347 e. The molecule has 0 aromatic carbocycles. The molecule has 1 saturated carbocycles. The zero-order valence-corrected chi connectivity index (χ0v) is 13.3. The van der Waals surface area contributed by atoms with Gasteiger partial charge in [0.1, 0.15) is 0 Å². The number of aromatic amines is 1. The molecule has 5 nitrogen and oxygen atoms in total. The number of aromatic nitrogens is 2. The fourth-order valence-corrected chi connectivity index (χ4v) is 2.97. The molecule has 0 unspecified atom stereocenters. The lowest BCUT2D eigenvalue weighted by Gasteiger charge is -2.24. The van der Waals surface area contributed by atoms with Crippen molar-refractivity contribution in [3.63, 3.8) is 0 Å². The largest absolute Gasteiger partial charge is 0.347 e. The average molecular weight is 292 g/mol. The number of imidazole rings is 1. The summed E-state index contributed by atoms with van der Waals surface area (Å²) < 4.78 is 0. The quantitative estimate of drug-likeness (QED) is 0.799. The minimum atomic E-state index is 0.276. The van der Waals surface area contributed by atoms with E-state index in [1.54, 1.807) is 12.5 Å². The zero-order chi connectivity index (χ0) is 15.1. The Balaban J connectivity index is 1.84. The van der Waals surface area contributed by atoms with Gasteiger partial charge in [0.2, 0.25) is 5.91 Å². The third kappa shape index (κ3) is 5.50. The fraction of sp³-hybridized carbons (Fsp3) is 0.750. The minimum absolute atomic E-state index is 0.276. The second-order valence-electron chi connectivity index (χ2n) is 6.38. The van der Waals surface area contributed by atoms with E-state index in [1.807, 2.05) is 19.0 Å². The van der Waals surface area contributed by atoms with Crippen molar-refractivity contribution < 1.29 is 4.79 Å². The van der Waals surface area contributed by atoms with Gasteiger partial charge in [0, 0.05) is 25.7 Å². The molecule has 1 amide bonds. The Kier molecular flexibility index (Phi) is 6.23. The highest BCUT2D eigenvalue weighted by Gasteiger charge is 2.19. The average Bonchev–Trinajstić information content (AvgIpc) is 3.13. The number of likely N-dealkylation sites (N-methyl/N-ethyl adjacent to an activating group) is 1. The summed E-state index contributed by atoms with van der Waals surface area (Å²) in [6, 6.07) is 0. The first-order chi connectivity index (χ1) is 10.1. The first kappa shape index (κ1) is 16.0. The van der Waals surface area contributed by atoms with Crippen molar-refractivity contribution in [1.29, 1.82) is 0 Å². The van der Waals surface area contributed by atoms with E-state index in [1.165, 1.54) is 25.7 Å². The predicted molar refractivity (Wildman–Crippen MR) is 83.8 cm³/mol. The normalized spacial score (nSPS) is 15.8. The summed E-state index contributed by atoms with van der Waals surface area (Å²) >= 11 is 0. The molecule has 1 aliphatic rings. The molecule has 0 radical (unpaired) electrons. The molecule has 0 spiro atoms. The Morgan fingerprint density at radius 3 is 2.71 bits per heavy atom. The molecule has 0 bridgehead atoms. The maximum atomic E-state index is 12.5. The van der Waals surface area contributed by atoms with Crippen molar-refractivity contribution >= 4 is 5.91 Å². The van der Waals surface area contributed by atoms with E-state index in [2.05, 4.69) is 14.9 Å². The lowest BCUT2D eigenvalue weighted by Crippen LogP contribution is -2.36. The van der Waals surface area contributed by atoms with Crippen LogP contribution in [0, 0.1) is 5.92 Å². The first-order valence-corrected chi connectivity index (χ1v) is 8.05. The van der Waals surface area contributed by atoms with Gasteiger partial charge in [-0.15, -0.1) is 0 Å². The second kappa shape index (κ2) is 8.17. The van der Waals surface area contributed by atoms with Gasteiger partial charge in [-0.2, -0.15) is 0 Å². The van der Waals surface area contributed by atoms with Gasteiger partial charge in [-0.1, -0.05) is 25.7 Å². The molecule has 118 valence electrons. The van der Waals surface area contributed by atoms with Gasteiger partial charge in [0.15, 0.2) is 0 Å². The molecule has 1 N–H and O–H groups in total. The van der Waals surface area contributed by atoms with E-state index in [4.69, 9.17) is 0 Å². The molecule has 0 aliphatic heterocycles. The molecule has 0 saturated heterocycles. The van der Waals surface area contributed by atoms with Crippen LogP contribution in [-0.4, -0.2) is 52.9 Å². The molecule has 1 aromatic heterocycles. The van der Waals surface area contributed by atoms with E-state index in [-0.39, 0.29) is 5.91 Å². The Morgan fingerprint density at radius 2 is 2.10 bits per heavy atom. The van der Waals surface area contributed by atoms with Gasteiger partial charge < -0.3 is 14.8 Å². The summed E-state index contributed by atoms with van der Waals surface area (Å²) in [5.74, 6) is 1.05. The van der Waals surface area contributed by atoms with Crippen LogP contribution >= 0.6 is 0 Å². The van der Waals surface area contributed by atoms with Crippen molar-refractivity contribution in [2.75, 3.05) is 27.2 Å². The molecule has 1 aromatic rings. The van der Waals surface area contributed by atoms with Crippen LogP contribution < -0.4 is 0 Å². The molecular weight excluding hydrogens is 264 g/mol. The maximum absolute atomic E-state index is 12.5. The molecule has 1 aliphatic carbocycles. The summed E-state index contributed by atoms with van der Waals surface area (Å²) in [5, 5.41) is 0. The molecule has 0 atom stereocenters. The number of nitrogens with one attached hydrogen (secondary N) is 1. The van der Waals surface area contributed by atoms with Crippen molar-refractivity contribution in [2.24, 2.45) is 5.92 Å². The highest BCUT2D eigenvalue weighted by atomic mass is 16.2. The summed E-state index contributed by atoms with van der Waals surface area (Å²) in [7, 11) is 4.08. The Morgan fingerprint density at radius 1 is 1.33 bits per heavy atom. The van der Waals surface area contributed by atoms with E-state index in [9.17, 15) is 4.79 Å². The summed E-state index contributed by atoms with van der Waals surface area (Å²) in [4.78, 5) is 23.7. The second-order valence-corrected chi connectivity index (χ2v) is 6.38.